The molecule has 4 rings (SSSR count). The molecular weight excluding hydrogens is 494 g/mol. The SMILES string of the molecule is O=C(CSc1nnc(-c2ccc(Br)cc2)n1-c1ccccc1)Nc1ccc([N+](=O)[O-])cc1. The number of amides is 1. The standard InChI is InChI=1S/C22H16BrN5O3S/c23-16-8-6-15(7-9-16)21-25-26-22(27(21)18-4-2-1-3-5-18)32-14-20(29)24-17-10-12-19(13-11-17)28(30)31/h1-13H,14H2,(H,24,29). The third kappa shape index (κ3) is 5.04. The largest absolute Gasteiger partial charge is 0.325 e. The summed E-state index contributed by atoms with van der Waals surface area (Å²) in [6.07, 6.45) is 0. The number of para-hydroxylation sites is 1. The highest BCUT2D eigenvalue weighted by Gasteiger charge is 2.17. The van der Waals surface area contributed by atoms with Crippen LogP contribution < -0.4 is 5.32 Å². The molecule has 32 heavy (non-hydrogen) atoms. The van der Waals surface area contributed by atoms with Gasteiger partial charge in [0.25, 0.3) is 5.69 Å². The van der Waals surface area contributed by atoms with Crippen molar-refractivity contribution in [1.82, 2.24) is 14.8 Å². The molecule has 0 bridgehead atoms. The van der Waals surface area contributed by atoms with Crippen LogP contribution in [0.25, 0.3) is 17.1 Å². The number of thioether (sulfide) groups is 1. The van der Waals surface area contributed by atoms with E-state index in [1.165, 1.54) is 36.0 Å². The summed E-state index contributed by atoms with van der Waals surface area (Å²) in [5.74, 6) is 0.515. The number of nitro groups is 1. The molecule has 0 saturated heterocycles. The fourth-order valence-electron chi connectivity index (χ4n) is 2.95. The number of carbonyl (C=O) groups excluding carboxylic acids is 1. The van der Waals surface area contributed by atoms with Crippen molar-refractivity contribution in [2.24, 2.45) is 0 Å². The minimum atomic E-state index is -0.485. The quantitative estimate of drug-likeness (QED) is 0.205. The van der Waals surface area contributed by atoms with E-state index >= 15 is 0 Å². The van der Waals surface area contributed by atoms with Crippen molar-refractivity contribution in [3.63, 3.8) is 0 Å². The fraction of sp³-hybridized carbons (Fsp3) is 0.0455. The lowest BCUT2D eigenvalue weighted by molar-refractivity contribution is -0.384. The van der Waals surface area contributed by atoms with Crippen molar-refractivity contribution in [2.75, 3.05) is 11.1 Å². The van der Waals surface area contributed by atoms with E-state index in [0.717, 1.165) is 15.7 Å². The highest BCUT2D eigenvalue weighted by molar-refractivity contribution is 9.10. The summed E-state index contributed by atoms with van der Waals surface area (Å²) >= 11 is 4.70. The maximum Gasteiger partial charge on any atom is 0.269 e. The Morgan fingerprint density at radius 1 is 1.00 bits per heavy atom. The number of rotatable bonds is 7. The van der Waals surface area contributed by atoms with E-state index in [1.54, 1.807) is 0 Å². The summed E-state index contributed by atoms with van der Waals surface area (Å²) in [5.41, 5.74) is 2.23. The number of nitro benzene ring substituents is 1. The van der Waals surface area contributed by atoms with E-state index in [-0.39, 0.29) is 17.3 Å². The van der Waals surface area contributed by atoms with E-state index in [4.69, 9.17) is 0 Å². The molecule has 0 aliphatic heterocycles. The van der Waals surface area contributed by atoms with Crippen LogP contribution in [0.15, 0.2) is 88.5 Å². The van der Waals surface area contributed by atoms with Crippen molar-refractivity contribution < 1.29 is 9.72 Å². The highest BCUT2D eigenvalue weighted by atomic mass is 79.9. The fourth-order valence-corrected chi connectivity index (χ4v) is 3.97. The minimum Gasteiger partial charge on any atom is -0.325 e. The van der Waals surface area contributed by atoms with Gasteiger partial charge in [-0.3, -0.25) is 19.5 Å². The second kappa shape index (κ2) is 9.75. The van der Waals surface area contributed by atoms with Gasteiger partial charge in [0.15, 0.2) is 11.0 Å². The molecule has 10 heteroatoms. The molecule has 0 unspecified atom stereocenters. The number of anilines is 1. The Bertz CT molecular complexity index is 1250. The molecule has 0 spiro atoms. The molecule has 1 N–H and O–H groups in total. The number of benzene rings is 3. The molecule has 0 aliphatic rings. The number of hydrogen-bond acceptors (Lipinski definition) is 6. The van der Waals surface area contributed by atoms with Crippen LogP contribution in [-0.4, -0.2) is 31.3 Å². The lowest BCUT2D eigenvalue weighted by atomic mass is 10.2. The number of non-ortho nitro benzene ring substituents is 1. The normalized spacial score (nSPS) is 10.7. The highest BCUT2D eigenvalue weighted by Crippen LogP contribution is 2.29. The number of halogens is 1. The maximum absolute atomic E-state index is 12.4. The summed E-state index contributed by atoms with van der Waals surface area (Å²) in [6, 6.07) is 23.1. The Kier molecular flexibility index (Phi) is 6.62. The maximum atomic E-state index is 12.4. The second-order valence-corrected chi connectivity index (χ2v) is 8.48. The molecule has 160 valence electrons. The summed E-state index contributed by atoms with van der Waals surface area (Å²) in [4.78, 5) is 22.7. The lowest BCUT2D eigenvalue weighted by Crippen LogP contribution is -2.14. The van der Waals surface area contributed by atoms with Crippen LogP contribution in [0, 0.1) is 10.1 Å². The number of carbonyl (C=O) groups is 1. The smallest absolute Gasteiger partial charge is 0.269 e. The molecule has 0 radical (unpaired) electrons. The molecule has 0 aliphatic carbocycles. The summed E-state index contributed by atoms with van der Waals surface area (Å²) < 4.78 is 2.87. The van der Waals surface area contributed by atoms with Crippen molar-refractivity contribution >= 4 is 45.0 Å². The van der Waals surface area contributed by atoms with Crippen LogP contribution in [0.3, 0.4) is 0 Å². The molecule has 0 saturated carbocycles. The van der Waals surface area contributed by atoms with E-state index < -0.39 is 4.92 Å². The summed E-state index contributed by atoms with van der Waals surface area (Å²) in [6.45, 7) is 0. The molecule has 4 aromatic rings. The van der Waals surface area contributed by atoms with Gasteiger partial charge in [-0.25, -0.2) is 0 Å². The van der Waals surface area contributed by atoms with Gasteiger partial charge in [0.05, 0.1) is 10.7 Å². The average Bonchev–Trinajstić information content (AvgIpc) is 3.23. The molecular formula is C22H16BrN5O3S. The lowest BCUT2D eigenvalue weighted by Gasteiger charge is -2.10. The molecule has 1 aromatic heterocycles. The summed E-state index contributed by atoms with van der Waals surface area (Å²) in [7, 11) is 0. The predicted octanol–water partition coefficient (Wildman–Crippen LogP) is 5.34. The topological polar surface area (TPSA) is 103 Å². The Balaban J connectivity index is 1.53. The van der Waals surface area contributed by atoms with E-state index in [1.807, 2.05) is 59.2 Å². The first-order chi connectivity index (χ1) is 15.5. The van der Waals surface area contributed by atoms with Crippen LogP contribution in [-0.2, 0) is 4.79 Å². The average molecular weight is 510 g/mol. The monoisotopic (exact) mass is 509 g/mol. The van der Waals surface area contributed by atoms with Crippen LogP contribution in [0.5, 0.6) is 0 Å². The van der Waals surface area contributed by atoms with Gasteiger partial charge in [-0.2, -0.15) is 0 Å². The third-order valence-corrected chi connectivity index (χ3v) is 5.90. The van der Waals surface area contributed by atoms with Crippen LogP contribution in [0.2, 0.25) is 0 Å². The van der Waals surface area contributed by atoms with E-state index in [0.29, 0.717) is 16.7 Å². The Hall–Kier alpha value is -3.50. The zero-order chi connectivity index (χ0) is 22.5. The molecule has 1 amide bonds. The van der Waals surface area contributed by atoms with Gasteiger partial charge in [-0.15, -0.1) is 10.2 Å². The predicted molar refractivity (Wildman–Crippen MR) is 127 cm³/mol. The van der Waals surface area contributed by atoms with Gasteiger partial charge in [0.2, 0.25) is 5.91 Å². The third-order valence-electron chi connectivity index (χ3n) is 4.44. The molecule has 8 nitrogen and oxygen atoms in total. The van der Waals surface area contributed by atoms with Crippen LogP contribution in [0.4, 0.5) is 11.4 Å². The Labute approximate surface area is 196 Å². The second-order valence-electron chi connectivity index (χ2n) is 6.62. The van der Waals surface area contributed by atoms with Gasteiger partial charge < -0.3 is 5.32 Å². The first-order valence-electron chi connectivity index (χ1n) is 9.45. The molecule has 1 heterocycles. The zero-order valence-corrected chi connectivity index (χ0v) is 18.9. The van der Waals surface area contributed by atoms with Gasteiger partial charge in [0.1, 0.15) is 0 Å². The number of nitrogens with one attached hydrogen (secondary N) is 1. The minimum absolute atomic E-state index is 0.0335. The van der Waals surface area contributed by atoms with Crippen molar-refractivity contribution in [2.45, 2.75) is 5.16 Å². The van der Waals surface area contributed by atoms with Crippen molar-refractivity contribution in [3.8, 4) is 17.1 Å². The van der Waals surface area contributed by atoms with Crippen LogP contribution >= 0.6 is 27.7 Å². The number of hydrogen-bond donors (Lipinski definition) is 1. The van der Waals surface area contributed by atoms with Gasteiger partial charge >= 0.3 is 0 Å². The van der Waals surface area contributed by atoms with E-state index in [9.17, 15) is 14.9 Å². The molecule has 0 atom stereocenters. The molecule has 0 fully saturated rings. The first-order valence-corrected chi connectivity index (χ1v) is 11.2. The number of aromatic nitrogens is 3. The van der Waals surface area contributed by atoms with E-state index in [2.05, 4.69) is 31.4 Å². The zero-order valence-electron chi connectivity index (χ0n) is 16.5. The number of nitrogens with zero attached hydrogens (tertiary/aromatic N) is 4. The van der Waals surface area contributed by atoms with Crippen LogP contribution in [0.1, 0.15) is 0 Å². The van der Waals surface area contributed by atoms with Crippen molar-refractivity contribution in [3.05, 3.63) is 93.4 Å². The Morgan fingerprint density at radius 3 is 2.34 bits per heavy atom. The van der Waals surface area contributed by atoms with Gasteiger partial charge in [0, 0.05) is 33.5 Å². The van der Waals surface area contributed by atoms with Crippen molar-refractivity contribution in [1.29, 1.82) is 0 Å². The Morgan fingerprint density at radius 2 is 1.69 bits per heavy atom. The summed E-state index contributed by atoms with van der Waals surface area (Å²) in [5, 5.41) is 22.7. The van der Waals surface area contributed by atoms with Gasteiger partial charge in [-0.1, -0.05) is 58.0 Å². The molecule has 3 aromatic carbocycles. The van der Waals surface area contributed by atoms with Gasteiger partial charge in [-0.05, 0) is 36.4 Å². The first kappa shape index (κ1) is 21.7.